The summed E-state index contributed by atoms with van der Waals surface area (Å²) < 4.78 is 1.67. The van der Waals surface area contributed by atoms with Crippen molar-refractivity contribution in [2.24, 2.45) is 7.05 Å². The average molecular weight is 315 g/mol. The summed E-state index contributed by atoms with van der Waals surface area (Å²) in [5, 5.41) is 14.3. The van der Waals surface area contributed by atoms with Gasteiger partial charge in [-0.2, -0.15) is 5.10 Å². The van der Waals surface area contributed by atoms with Crippen molar-refractivity contribution in [2.45, 2.75) is 38.1 Å². The average Bonchev–Trinajstić information content (AvgIpc) is 2.90. The standard InChI is InChI=1S/C17H21N3O3/c1-19-14-10-6-5-9-13(14)16(18-19)17(23)20(11-15(21)22)12-7-3-2-4-8-12/h5-6,9-10,12H,2-4,7-8,11H2,1H3,(H,21,22). The van der Waals surface area contributed by atoms with E-state index in [1.165, 1.54) is 4.90 Å². The zero-order valence-electron chi connectivity index (χ0n) is 13.2. The van der Waals surface area contributed by atoms with Gasteiger partial charge in [0.15, 0.2) is 5.69 Å². The van der Waals surface area contributed by atoms with Crippen LogP contribution in [0.1, 0.15) is 42.6 Å². The molecule has 0 radical (unpaired) electrons. The van der Waals surface area contributed by atoms with Gasteiger partial charge in [0, 0.05) is 18.5 Å². The van der Waals surface area contributed by atoms with Crippen LogP contribution >= 0.6 is 0 Å². The van der Waals surface area contributed by atoms with Gasteiger partial charge in [0.25, 0.3) is 5.91 Å². The maximum atomic E-state index is 13.0. The highest BCUT2D eigenvalue weighted by Crippen LogP contribution is 2.26. The van der Waals surface area contributed by atoms with Gasteiger partial charge in [-0.05, 0) is 18.9 Å². The van der Waals surface area contributed by atoms with Gasteiger partial charge >= 0.3 is 5.97 Å². The second kappa shape index (κ2) is 6.40. The smallest absolute Gasteiger partial charge is 0.323 e. The number of rotatable bonds is 4. The van der Waals surface area contributed by atoms with Crippen molar-refractivity contribution in [1.82, 2.24) is 14.7 Å². The molecule has 1 aromatic carbocycles. The highest BCUT2D eigenvalue weighted by molar-refractivity contribution is 6.05. The van der Waals surface area contributed by atoms with Gasteiger partial charge in [-0.3, -0.25) is 14.3 Å². The zero-order chi connectivity index (χ0) is 16.4. The molecule has 0 saturated heterocycles. The molecule has 1 aliphatic carbocycles. The lowest BCUT2D eigenvalue weighted by molar-refractivity contribution is -0.138. The molecule has 1 fully saturated rings. The number of carbonyl (C=O) groups is 2. The number of carboxylic acid groups (broad SMARTS) is 1. The van der Waals surface area contributed by atoms with E-state index in [0.717, 1.165) is 43.0 Å². The van der Waals surface area contributed by atoms with Crippen LogP contribution in [0.5, 0.6) is 0 Å². The summed E-state index contributed by atoms with van der Waals surface area (Å²) in [6, 6.07) is 7.52. The summed E-state index contributed by atoms with van der Waals surface area (Å²) in [6.07, 6.45) is 4.96. The number of nitrogens with zero attached hydrogens (tertiary/aromatic N) is 3. The third kappa shape index (κ3) is 3.06. The Morgan fingerprint density at radius 1 is 1.26 bits per heavy atom. The molecule has 0 atom stereocenters. The Balaban J connectivity index is 1.97. The van der Waals surface area contributed by atoms with E-state index in [9.17, 15) is 14.7 Å². The fourth-order valence-electron chi connectivity index (χ4n) is 3.41. The Morgan fingerprint density at radius 2 is 1.96 bits per heavy atom. The molecule has 2 aromatic rings. The lowest BCUT2D eigenvalue weighted by Crippen LogP contribution is -2.44. The summed E-state index contributed by atoms with van der Waals surface area (Å²) in [5.41, 5.74) is 1.21. The molecule has 1 aliphatic rings. The van der Waals surface area contributed by atoms with Gasteiger partial charge in [0.05, 0.1) is 5.52 Å². The maximum Gasteiger partial charge on any atom is 0.323 e. The fraction of sp³-hybridized carbons (Fsp3) is 0.471. The number of aliphatic carboxylic acids is 1. The molecule has 0 aliphatic heterocycles. The first kappa shape index (κ1) is 15.5. The monoisotopic (exact) mass is 315 g/mol. The van der Waals surface area contributed by atoms with E-state index in [1.807, 2.05) is 24.3 Å². The van der Waals surface area contributed by atoms with Crippen molar-refractivity contribution in [1.29, 1.82) is 0 Å². The Morgan fingerprint density at radius 3 is 2.65 bits per heavy atom. The van der Waals surface area contributed by atoms with Crippen LogP contribution in [-0.4, -0.2) is 44.3 Å². The molecule has 23 heavy (non-hydrogen) atoms. The van der Waals surface area contributed by atoms with Gasteiger partial charge in [-0.1, -0.05) is 37.5 Å². The minimum atomic E-state index is -0.982. The number of fused-ring (bicyclic) bond motifs is 1. The van der Waals surface area contributed by atoms with Crippen molar-refractivity contribution < 1.29 is 14.7 Å². The summed E-state index contributed by atoms with van der Waals surface area (Å²) in [6.45, 7) is -0.269. The number of hydrogen-bond acceptors (Lipinski definition) is 3. The number of amides is 1. The first-order chi connectivity index (χ1) is 11.1. The largest absolute Gasteiger partial charge is 0.480 e. The molecule has 122 valence electrons. The molecule has 3 rings (SSSR count). The van der Waals surface area contributed by atoms with Crippen LogP contribution in [0.25, 0.3) is 10.9 Å². The van der Waals surface area contributed by atoms with Crippen molar-refractivity contribution in [3.8, 4) is 0 Å². The number of aromatic nitrogens is 2. The van der Waals surface area contributed by atoms with Crippen LogP contribution in [0.15, 0.2) is 24.3 Å². The van der Waals surface area contributed by atoms with Gasteiger partial charge in [0.2, 0.25) is 0 Å². The molecule has 0 bridgehead atoms. The lowest BCUT2D eigenvalue weighted by atomic mass is 9.94. The Hall–Kier alpha value is -2.37. The quantitative estimate of drug-likeness (QED) is 0.940. The van der Waals surface area contributed by atoms with Crippen molar-refractivity contribution in [2.75, 3.05) is 6.54 Å². The second-order valence-electron chi connectivity index (χ2n) is 6.11. The normalized spacial score (nSPS) is 15.7. The van der Waals surface area contributed by atoms with Crippen LogP contribution in [0.3, 0.4) is 0 Å². The van der Waals surface area contributed by atoms with Crippen LogP contribution < -0.4 is 0 Å². The molecule has 6 nitrogen and oxygen atoms in total. The van der Waals surface area contributed by atoms with Gasteiger partial charge in [-0.15, -0.1) is 0 Å². The number of para-hydroxylation sites is 1. The minimum absolute atomic E-state index is 0.00637. The number of hydrogen-bond donors (Lipinski definition) is 1. The van der Waals surface area contributed by atoms with Crippen molar-refractivity contribution >= 4 is 22.8 Å². The number of benzene rings is 1. The van der Waals surface area contributed by atoms with E-state index in [2.05, 4.69) is 5.10 Å². The van der Waals surface area contributed by atoms with Gasteiger partial charge < -0.3 is 10.0 Å². The summed E-state index contributed by atoms with van der Waals surface area (Å²) in [7, 11) is 1.79. The third-order valence-electron chi connectivity index (χ3n) is 4.54. The SMILES string of the molecule is Cn1nc(C(=O)N(CC(=O)O)C2CCCCC2)c2ccccc21. The number of aryl methyl sites for hydroxylation is 1. The van der Waals surface area contributed by atoms with E-state index in [1.54, 1.807) is 11.7 Å². The van der Waals surface area contributed by atoms with Crippen molar-refractivity contribution in [3.05, 3.63) is 30.0 Å². The molecule has 1 amide bonds. The highest BCUT2D eigenvalue weighted by Gasteiger charge is 2.30. The molecule has 0 unspecified atom stereocenters. The summed E-state index contributed by atoms with van der Waals surface area (Å²) >= 11 is 0. The van der Waals surface area contributed by atoms with Crippen LogP contribution in [0.2, 0.25) is 0 Å². The first-order valence-corrected chi connectivity index (χ1v) is 8.02. The number of carbonyl (C=O) groups excluding carboxylic acids is 1. The summed E-state index contributed by atoms with van der Waals surface area (Å²) in [4.78, 5) is 25.7. The molecular weight excluding hydrogens is 294 g/mol. The Bertz CT molecular complexity index is 732. The molecular formula is C17H21N3O3. The zero-order valence-corrected chi connectivity index (χ0v) is 13.2. The first-order valence-electron chi connectivity index (χ1n) is 8.02. The topological polar surface area (TPSA) is 75.4 Å². The van der Waals surface area contributed by atoms with E-state index < -0.39 is 5.97 Å². The van der Waals surface area contributed by atoms with Crippen LogP contribution in [0.4, 0.5) is 0 Å². The predicted molar refractivity (Wildman–Crippen MR) is 86.3 cm³/mol. The molecule has 1 aromatic heterocycles. The predicted octanol–water partition coefficient (Wildman–Crippen LogP) is 2.43. The molecule has 0 spiro atoms. The number of carboxylic acids is 1. The molecule has 1 heterocycles. The molecule has 6 heteroatoms. The van der Waals surface area contributed by atoms with E-state index >= 15 is 0 Å². The Kier molecular flexibility index (Phi) is 4.32. The second-order valence-corrected chi connectivity index (χ2v) is 6.11. The van der Waals surface area contributed by atoms with Gasteiger partial charge in [-0.25, -0.2) is 0 Å². The Labute approximate surface area is 134 Å². The molecule has 1 N–H and O–H groups in total. The van der Waals surface area contributed by atoms with Crippen molar-refractivity contribution in [3.63, 3.8) is 0 Å². The molecule has 1 saturated carbocycles. The third-order valence-corrected chi connectivity index (χ3v) is 4.54. The van der Waals surface area contributed by atoms with Crippen LogP contribution in [0, 0.1) is 0 Å². The van der Waals surface area contributed by atoms with Crippen LogP contribution in [-0.2, 0) is 11.8 Å². The minimum Gasteiger partial charge on any atom is -0.480 e. The van der Waals surface area contributed by atoms with E-state index in [4.69, 9.17) is 0 Å². The fourth-order valence-corrected chi connectivity index (χ4v) is 3.41. The lowest BCUT2D eigenvalue weighted by Gasteiger charge is -2.32. The highest BCUT2D eigenvalue weighted by atomic mass is 16.4. The summed E-state index contributed by atoms with van der Waals surface area (Å²) in [5.74, 6) is -1.26. The van der Waals surface area contributed by atoms with E-state index in [0.29, 0.717) is 5.69 Å². The van der Waals surface area contributed by atoms with Gasteiger partial charge in [0.1, 0.15) is 6.54 Å². The maximum absolute atomic E-state index is 13.0. The van der Waals surface area contributed by atoms with E-state index in [-0.39, 0.29) is 18.5 Å².